The highest BCUT2D eigenvalue weighted by atomic mass is 16.5. The monoisotopic (exact) mass is 210 g/mol. The Balaban J connectivity index is 2.72. The number of aromatic nitrogens is 1. The molecule has 0 radical (unpaired) electrons. The SMILES string of the molecule is COc1ccc(N(CCN)CCN)nc1. The van der Waals surface area contributed by atoms with E-state index < -0.39 is 0 Å². The molecule has 0 amide bonds. The molecule has 0 aliphatic rings. The molecule has 0 aliphatic heterocycles. The summed E-state index contributed by atoms with van der Waals surface area (Å²) >= 11 is 0. The van der Waals surface area contributed by atoms with Crippen LogP contribution in [0.3, 0.4) is 0 Å². The van der Waals surface area contributed by atoms with Gasteiger partial charge in [-0.3, -0.25) is 0 Å². The maximum absolute atomic E-state index is 5.52. The number of methoxy groups -OCH3 is 1. The van der Waals surface area contributed by atoms with E-state index in [4.69, 9.17) is 16.2 Å². The van der Waals surface area contributed by atoms with E-state index in [0.29, 0.717) is 13.1 Å². The maximum Gasteiger partial charge on any atom is 0.137 e. The summed E-state index contributed by atoms with van der Waals surface area (Å²) in [5, 5.41) is 0. The molecule has 0 spiro atoms. The predicted molar refractivity (Wildman–Crippen MR) is 61.1 cm³/mol. The Morgan fingerprint density at radius 1 is 1.27 bits per heavy atom. The number of nitrogens with zero attached hydrogens (tertiary/aromatic N) is 2. The van der Waals surface area contributed by atoms with Crippen molar-refractivity contribution < 1.29 is 4.74 Å². The Bertz CT molecular complexity index is 269. The second kappa shape index (κ2) is 6.21. The van der Waals surface area contributed by atoms with E-state index >= 15 is 0 Å². The van der Waals surface area contributed by atoms with Crippen LogP contribution in [-0.2, 0) is 0 Å². The number of ether oxygens (including phenoxy) is 1. The van der Waals surface area contributed by atoms with Gasteiger partial charge in [0.15, 0.2) is 0 Å². The van der Waals surface area contributed by atoms with Gasteiger partial charge in [-0.25, -0.2) is 4.98 Å². The first-order valence-corrected chi connectivity index (χ1v) is 4.97. The summed E-state index contributed by atoms with van der Waals surface area (Å²) in [6, 6.07) is 3.78. The van der Waals surface area contributed by atoms with Crippen LogP contribution in [0.15, 0.2) is 18.3 Å². The average molecular weight is 210 g/mol. The molecule has 5 nitrogen and oxygen atoms in total. The fraction of sp³-hybridized carbons (Fsp3) is 0.500. The summed E-state index contributed by atoms with van der Waals surface area (Å²) in [5.41, 5.74) is 11.0. The minimum absolute atomic E-state index is 0.591. The second-order valence-corrected chi connectivity index (χ2v) is 3.12. The highest BCUT2D eigenvalue weighted by Crippen LogP contribution is 2.14. The van der Waals surface area contributed by atoms with Gasteiger partial charge in [-0.2, -0.15) is 0 Å². The molecule has 1 aromatic rings. The van der Waals surface area contributed by atoms with Gasteiger partial charge in [-0.05, 0) is 12.1 Å². The summed E-state index contributed by atoms with van der Waals surface area (Å²) in [4.78, 5) is 6.33. The largest absolute Gasteiger partial charge is 0.495 e. The normalized spacial score (nSPS) is 10.1. The van der Waals surface area contributed by atoms with E-state index in [2.05, 4.69) is 9.88 Å². The van der Waals surface area contributed by atoms with Crippen LogP contribution >= 0.6 is 0 Å². The van der Waals surface area contributed by atoms with Crippen LogP contribution in [0.1, 0.15) is 0 Å². The first-order chi connectivity index (χ1) is 7.31. The predicted octanol–water partition coefficient (Wildman–Crippen LogP) is -0.186. The number of hydrogen-bond donors (Lipinski definition) is 2. The lowest BCUT2D eigenvalue weighted by Gasteiger charge is -2.22. The number of rotatable bonds is 6. The fourth-order valence-electron chi connectivity index (χ4n) is 1.33. The van der Waals surface area contributed by atoms with Crippen LogP contribution in [0.25, 0.3) is 0 Å². The van der Waals surface area contributed by atoms with Crippen LogP contribution in [0, 0.1) is 0 Å². The van der Waals surface area contributed by atoms with Gasteiger partial charge in [0.05, 0.1) is 13.3 Å². The van der Waals surface area contributed by atoms with E-state index in [1.807, 2.05) is 12.1 Å². The van der Waals surface area contributed by atoms with Gasteiger partial charge in [0.2, 0.25) is 0 Å². The molecule has 1 aromatic heterocycles. The fourth-order valence-corrected chi connectivity index (χ4v) is 1.33. The molecule has 0 atom stereocenters. The van der Waals surface area contributed by atoms with Crippen molar-refractivity contribution in [1.82, 2.24) is 4.98 Å². The first-order valence-electron chi connectivity index (χ1n) is 4.97. The molecule has 84 valence electrons. The van der Waals surface area contributed by atoms with Crippen molar-refractivity contribution in [3.8, 4) is 5.75 Å². The third-order valence-electron chi connectivity index (χ3n) is 2.08. The standard InChI is InChI=1S/C10H18N4O/c1-15-9-2-3-10(13-8-9)14(6-4-11)7-5-12/h2-3,8H,4-7,11-12H2,1H3. The zero-order chi connectivity index (χ0) is 11.1. The Morgan fingerprint density at radius 2 is 1.93 bits per heavy atom. The number of nitrogens with two attached hydrogens (primary N) is 2. The van der Waals surface area contributed by atoms with Gasteiger partial charge >= 0.3 is 0 Å². The van der Waals surface area contributed by atoms with Crippen molar-refractivity contribution in [1.29, 1.82) is 0 Å². The van der Waals surface area contributed by atoms with E-state index in [1.54, 1.807) is 13.3 Å². The first kappa shape index (κ1) is 11.7. The van der Waals surface area contributed by atoms with Crippen molar-refractivity contribution in [2.75, 3.05) is 38.2 Å². The van der Waals surface area contributed by atoms with Gasteiger partial charge in [-0.1, -0.05) is 0 Å². The van der Waals surface area contributed by atoms with Gasteiger partial charge in [0, 0.05) is 26.2 Å². The van der Waals surface area contributed by atoms with Crippen LogP contribution < -0.4 is 21.1 Å². The summed E-state index contributed by atoms with van der Waals surface area (Å²) in [5.74, 6) is 1.63. The maximum atomic E-state index is 5.52. The van der Waals surface area contributed by atoms with Crippen LogP contribution in [0.5, 0.6) is 5.75 Å². The number of anilines is 1. The summed E-state index contributed by atoms with van der Waals surface area (Å²) in [6.45, 7) is 2.70. The van der Waals surface area contributed by atoms with E-state index in [-0.39, 0.29) is 0 Å². The Morgan fingerprint density at radius 3 is 2.33 bits per heavy atom. The second-order valence-electron chi connectivity index (χ2n) is 3.12. The molecule has 4 N–H and O–H groups in total. The number of pyridine rings is 1. The highest BCUT2D eigenvalue weighted by molar-refractivity contribution is 5.40. The minimum atomic E-state index is 0.591. The van der Waals surface area contributed by atoms with Crippen molar-refractivity contribution in [3.63, 3.8) is 0 Å². The molecule has 0 bridgehead atoms. The van der Waals surface area contributed by atoms with Crippen molar-refractivity contribution >= 4 is 5.82 Å². The van der Waals surface area contributed by atoms with Crippen molar-refractivity contribution in [2.24, 2.45) is 11.5 Å². The summed E-state index contributed by atoms with van der Waals surface area (Å²) < 4.78 is 5.04. The zero-order valence-corrected chi connectivity index (χ0v) is 9.02. The van der Waals surface area contributed by atoms with E-state index in [0.717, 1.165) is 24.7 Å². The molecule has 0 aliphatic carbocycles. The quantitative estimate of drug-likeness (QED) is 0.680. The van der Waals surface area contributed by atoms with Crippen LogP contribution in [-0.4, -0.2) is 38.3 Å². The lowest BCUT2D eigenvalue weighted by Crippen LogP contribution is -2.34. The van der Waals surface area contributed by atoms with Gasteiger partial charge < -0.3 is 21.1 Å². The minimum Gasteiger partial charge on any atom is -0.495 e. The zero-order valence-electron chi connectivity index (χ0n) is 9.02. The Labute approximate surface area is 90.0 Å². The molecule has 0 saturated carbocycles. The third-order valence-corrected chi connectivity index (χ3v) is 2.08. The molecule has 5 heteroatoms. The van der Waals surface area contributed by atoms with Crippen LogP contribution in [0.4, 0.5) is 5.82 Å². The molecular formula is C10H18N4O. The van der Waals surface area contributed by atoms with Gasteiger partial charge in [0.25, 0.3) is 0 Å². The molecule has 0 saturated heterocycles. The Hall–Kier alpha value is -1.33. The molecular weight excluding hydrogens is 192 g/mol. The van der Waals surface area contributed by atoms with Gasteiger partial charge in [-0.15, -0.1) is 0 Å². The molecule has 0 unspecified atom stereocenters. The van der Waals surface area contributed by atoms with Gasteiger partial charge in [0.1, 0.15) is 11.6 Å². The molecule has 15 heavy (non-hydrogen) atoms. The smallest absolute Gasteiger partial charge is 0.137 e. The molecule has 1 rings (SSSR count). The third kappa shape index (κ3) is 3.38. The molecule has 0 aromatic carbocycles. The van der Waals surface area contributed by atoms with E-state index in [9.17, 15) is 0 Å². The lowest BCUT2D eigenvalue weighted by atomic mass is 10.4. The lowest BCUT2D eigenvalue weighted by molar-refractivity contribution is 0.413. The summed E-state index contributed by atoms with van der Waals surface area (Å²) in [7, 11) is 1.62. The Kier molecular flexibility index (Phi) is 4.86. The van der Waals surface area contributed by atoms with Crippen LogP contribution in [0.2, 0.25) is 0 Å². The highest BCUT2D eigenvalue weighted by Gasteiger charge is 2.05. The van der Waals surface area contributed by atoms with Crippen molar-refractivity contribution in [3.05, 3.63) is 18.3 Å². The number of hydrogen-bond acceptors (Lipinski definition) is 5. The van der Waals surface area contributed by atoms with E-state index in [1.165, 1.54) is 0 Å². The molecule has 1 heterocycles. The topological polar surface area (TPSA) is 77.4 Å². The summed E-state index contributed by atoms with van der Waals surface area (Å²) in [6.07, 6.45) is 1.69. The average Bonchev–Trinajstić information content (AvgIpc) is 2.29. The van der Waals surface area contributed by atoms with Crippen molar-refractivity contribution in [2.45, 2.75) is 0 Å². The molecule has 0 fully saturated rings.